The number of aryl methyl sites for hydroxylation is 2. The van der Waals surface area contributed by atoms with Crippen LogP contribution in [0.4, 0.5) is 5.82 Å². The highest BCUT2D eigenvalue weighted by atomic mass is 32.2. The van der Waals surface area contributed by atoms with Gasteiger partial charge in [-0.1, -0.05) is 6.92 Å². The van der Waals surface area contributed by atoms with Crippen molar-refractivity contribution in [1.82, 2.24) is 14.7 Å². The standard InChI is InChI=1S/C16H22N4O3S2/c1-3-13-4-5-16(24-13)25(21,22)17-11-14-18-12(2)10-15(19-14)20-6-8-23-9-7-20/h4-5,10,17H,3,6-9,11H2,1-2H3. The second-order valence-electron chi connectivity index (χ2n) is 5.78. The van der Waals surface area contributed by atoms with Crippen LogP contribution in [0.25, 0.3) is 0 Å². The van der Waals surface area contributed by atoms with Crippen molar-refractivity contribution < 1.29 is 13.2 Å². The van der Waals surface area contributed by atoms with E-state index in [0.717, 1.165) is 35.9 Å². The van der Waals surface area contributed by atoms with E-state index in [2.05, 4.69) is 19.6 Å². The van der Waals surface area contributed by atoms with Gasteiger partial charge in [0.1, 0.15) is 15.9 Å². The van der Waals surface area contributed by atoms with Gasteiger partial charge in [0.05, 0.1) is 19.8 Å². The maximum absolute atomic E-state index is 12.4. The van der Waals surface area contributed by atoms with Crippen LogP contribution in [0.5, 0.6) is 0 Å². The number of nitrogens with one attached hydrogen (secondary N) is 1. The molecule has 1 fully saturated rings. The summed E-state index contributed by atoms with van der Waals surface area (Å²) in [6.07, 6.45) is 0.823. The molecular formula is C16H22N4O3S2. The molecular weight excluding hydrogens is 360 g/mol. The largest absolute Gasteiger partial charge is 0.378 e. The summed E-state index contributed by atoms with van der Waals surface area (Å²) in [7, 11) is -3.54. The molecule has 1 N–H and O–H groups in total. The lowest BCUT2D eigenvalue weighted by Gasteiger charge is -2.28. The van der Waals surface area contributed by atoms with Gasteiger partial charge in [0.25, 0.3) is 0 Å². The second kappa shape index (κ2) is 7.77. The van der Waals surface area contributed by atoms with Crippen molar-refractivity contribution in [2.45, 2.75) is 31.0 Å². The summed E-state index contributed by atoms with van der Waals surface area (Å²) in [6.45, 7) is 6.85. The van der Waals surface area contributed by atoms with Gasteiger partial charge in [0, 0.05) is 29.7 Å². The van der Waals surface area contributed by atoms with Gasteiger partial charge in [-0.3, -0.25) is 0 Å². The zero-order chi connectivity index (χ0) is 17.9. The van der Waals surface area contributed by atoms with Crippen LogP contribution >= 0.6 is 11.3 Å². The molecule has 0 unspecified atom stereocenters. The first-order valence-electron chi connectivity index (χ1n) is 8.23. The maximum Gasteiger partial charge on any atom is 0.250 e. The van der Waals surface area contributed by atoms with Crippen LogP contribution in [0, 0.1) is 6.92 Å². The first-order chi connectivity index (χ1) is 12.0. The van der Waals surface area contributed by atoms with E-state index in [4.69, 9.17) is 4.74 Å². The fourth-order valence-electron chi connectivity index (χ4n) is 2.57. The Bertz CT molecular complexity index is 830. The predicted octanol–water partition coefficient (Wildman–Crippen LogP) is 1.72. The molecule has 136 valence electrons. The summed E-state index contributed by atoms with van der Waals surface area (Å²) in [6, 6.07) is 5.40. The molecule has 0 atom stereocenters. The third-order valence-electron chi connectivity index (χ3n) is 3.89. The van der Waals surface area contributed by atoms with Crippen LogP contribution in [0.2, 0.25) is 0 Å². The summed E-state index contributed by atoms with van der Waals surface area (Å²) in [5, 5.41) is 0. The highest BCUT2D eigenvalue weighted by molar-refractivity contribution is 7.91. The SMILES string of the molecule is CCc1ccc(S(=O)(=O)NCc2nc(C)cc(N3CCOCC3)n2)s1. The van der Waals surface area contributed by atoms with Gasteiger partial charge < -0.3 is 9.64 Å². The quantitative estimate of drug-likeness (QED) is 0.819. The zero-order valence-electron chi connectivity index (χ0n) is 14.4. The summed E-state index contributed by atoms with van der Waals surface area (Å²) in [5.41, 5.74) is 0.815. The number of sulfonamides is 1. The minimum atomic E-state index is -3.54. The van der Waals surface area contributed by atoms with Gasteiger partial charge >= 0.3 is 0 Å². The number of rotatable bonds is 6. The van der Waals surface area contributed by atoms with E-state index < -0.39 is 10.0 Å². The Kier molecular flexibility index (Phi) is 5.67. The van der Waals surface area contributed by atoms with Crippen LogP contribution in [-0.2, 0) is 27.7 Å². The summed E-state index contributed by atoms with van der Waals surface area (Å²) in [5.74, 6) is 1.28. The van der Waals surface area contributed by atoms with Crippen molar-refractivity contribution in [2.24, 2.45) is 0 Å². The number of hydrogen-bond donors (Lipinski definition) is 1. The van der Waals surface area contributed by atoms with Crippen molar-refractivity contribution in [1.29, 1.82) is 0 Å². The predicted molar refractivity (Wildman–Crippen MR) is 97.5 cm³/mol. The first-order valence-corrected chi connectivity index (χ1v) is 10.5. The minimum Gasteiger partial charge on any atom is -0.378 e. The number of morpholine rings is 1. The summed E-state index contributed by atoms with van der Waals surface area (Å²) < 4.78 is 33.1. The topological polar surface area (TPSA) is 84.4 Å². The third-order valence-corrected chi connectivity index (χ3v) is 7.02. The van der Waals surface area contributed by atoms with Crippen molar-refractivity contribution in [3.63, 3.8) is 0 Å². The van der Waals surface area contributed by atoms with Gasteiger partial charge in [-0.05, 0) is 25.5 Å². The van der Waals surface area contributed by atoms with Crippen LogP contribution in [0.3, 0.4) is 0 Å². The number of hydrogen-bond acceptors (Lipinski definition) is 7. The Morgan fingerprint density at radius 1 is 1.28 bits per heavy atom. The average Bonchev–Trinajstić information content (AvgIpc) is 3.11. The van der Waals surface area contributed by atoms with Gasteiger partial charge in [-0.15, -0.1) is 11.3 Å². The van der Waals surface area contributed by atoms with Crippen LogP contribution in [-0.4, -0.2) is 44.7 Å². The first kappa shape index (κ1) is 18.2. The summed E-state index contributed by atoms with van der Waals surface area (Å²) in [4.78, 5) is 12.0. The van der Waals surface area contributed by atoms with Crippen LogP contribution < -0.4 is 9.62 Å². The molecule has 0 spiro atoms. The molecule has 0 aliphatic carbocycles. The van der Waals surface area contributed by atoms with Gasteiger partial charge in [0.15, 0.2) is 0 Å². The molecule has 0 amide bonds. The highest BCUT2D eigenvalue weighted by Crippen LogP contribution is 2.22. The Hall–Kier alpha value is -1.55. The zero-order valence-corrected chi connectivity index (χ0v) is 16.0. The molecule has 3 heterocycles. The Morgan fingerprint density at radius 2 is 2.04 bits per heavy atom. The van der Waals surface area contributed by atoms with Crippen molar-refractivity contribution in [2.75, 3.05) is 31.2 Å². The van der Waals surface area contributed by atoms with Gasteiger partial charge in [0.2, 0.25) is 10.0 Å². The monoisotopic (exact) mass is 382 g/mol. The Balaban J connectivity index is 1.73. The molecule has 7 nitrogen and oxygen atoms in total. The lowest BCUT2D eigenvalue weighted by Crippen LogP contribution is -2.37. The highest BCUT2D eigenvalue weighted by Gasteiger charge is 2.18. The molecule has 0 radical (unpaired) electrons. The van der Waals surface area contributed by atoms with E-state index in [1.165, 1.54) is 11.3 Å². The molecule has 3 rings (SSSR count). The fraction of sp³-hybridized carbons (Fsp3) is 0.500. The second-order valence-corrected chi connectivity index (χ2v) is 8.94. The van der Waals surface area contributed by atoms with Crippen molar-refractivity contribution in [3.8, 4) is 0 Å². The lowest BCUT2D eigenvalue weighted by molar-refractivity contribution is 0.122. The van der Waals surface area contributed by atoms with Gasteiger partial charge in [-0.2, -0.15) is 0 Å². The van der Waals surface area contributed by atoms with E-state index in [0.29, 0.717) is 23.2 Å². The number of anilines is 1. The third kappa shape index (κ3) is 4.55. The number of ether oxygens (including phenoxy) is 1. The van der Waals surface area contributed by atoms with E-state index in [-0.39, 0.29) is 6.54 Å². The van der Waals surface area contributed by atoms with E-state index >= 15 is 0 Å². The molecule has 2 aromatic rings. The molecule has 2 aromatic heterocycles. The van der Waals surface area contributed by atoms with Crippen molar-refractivity contribution >= 4 is 27.2 Å². The molecule has 1 saturated heterocycles. The number of thiophene rings is 1. The molecule has 9 heteroatoms. The maximum atomic E-state index is 12.4. The molecule has 0 bridgehead atoms. The normalized spacial score (nSPS) is 15.5. The molecule has 0 aromatic carbocycles. The van der Waals surface area contributed by atoms with Gasteiger partial charge in [-0.25, -0.2) is 23.1 Å². The Morgan fingerprint density at radius 3 is 2.72 bits per heavy atom. The summed E-state index contributed by atoms with van der Waals surface area (Å²) >= 11 is 1.29. The number of aromatic nitrogens is 2. The lowest BCUT2D eigenvalue weighted by atomic mass is 10.3. The van der Waals surface area contributed by atoms with Crippen LogP contribution in [0.1, 0.15) is 23.3 Å². The fourth-order valence-corrected chi connectivity index (χ4v) is 4.89. The van der Waals surface area contributed by atoms with E-state index in [9.17, 15) is 8.42 Å². The smallest absolute Gasteiger partial charge is 0.250 e. The van der Waals surface area contributed by atoms with Crippen molar-refractivity contribution in [3.05, 3.63) is 34.6 Å². The molecule has 25 heavy (non-hydrogen) atoms. The molecule has 0 saturated carbocycles. The van der Waals surface area contributed by atoms with E-state index in [1.807, 2.05) is 26.0 Å². The molecule has 1 aliphatic rings. The van der Waals surface area contributed by atoms with E-state index in [1.54, 1.807) is 6.07 Å². The number of nitrogens with zero attached hydrogens (tertiary/aromatic N) is 3. The minimum absolute atomic E-state index is 0.0702. The average molecular weight is 383 g/mol. The van der Waals surface area contributed by atoms with Crippen LogP contribution in [0.15, 0.2) is 22.4 Å². The Labute approximate surface area is 152 Å². The molecule has 1 aliphatic heterocycles.